The minimum Gasteiger partial charge on any atom is -0.325 e. The number of amides is 1. The Morgan fingerprint density at radius 3 is 2.29 bits per heavy atom. The molecule has 5 nitrogen and oxygen atoms in total. The predicted octanol–water partition coefficient (Wildman–Crippen LogP) is 4.15. The van der Waals surface area contributed by atoms with Crippen LogP contribution in [0.15, 0.2) is 58.3 Å². The highest BCUT2D eigenvalue weighted by molar-refractivity contribution is 8.00. The number of thioether (sulfide) groups is 1. The van der Waals surface area contributed by atoms with Gasteiger partial charge in [0.15, 0.2) is 0 Å². The van der Waals surface area contributed by atoms with Crippen molar-refractivity contribution in [2.75, 3.05) is 24.2 Å². The number of carbonyl (C=O) groups is 1. The molecule has 1 heterocycles. The Morgan fingerprint density at radius 2 is 1.68 bits per heavy atom. The zero-order valence-electron chi connectivity index (χ0n) is 16.2. The average Bonchev–Trinajstić information content (AvgIpc) is 2.68. The van der Waals surface area contributed by atoms with Crippen LogP contribution in [0, 0.1) is 12.8 Å². The first-order valence-electron chi connectivity index (χ1n) is 9.44. The molecule has 2 aromatic carbocycles. The van der Waals surface area contributed by atoms with Crippen LogP contribution < -0.4 is 5.32 Å². The Hall–Kier alpha value is -1.83. The second-order valence-electron chi connectivity index (χ2n) is 7.26. The maximum Gasteiger partial charge on any atom is 0.243 e. The molecule has 1 amide bonds. The maximum atomic E-state index is 12.7. The van der Waals surface area contributed by atoms with Crippen molar-refractivity contribution in [3.05, 3.63) is 54.1 Å². The molecular formula is C21H26N2O3S2. The molecule has 1 saturated heterocycles. The average molecular weight is 419 g/mol. The Labute approximate surface area is 171 Å². The van der Waals surface area contributed by atoms with Crippen molar-refractivity contribution in [2.45, 2.75) is 36.5 Å². The molecule has 1 fully saturated rings. The zero-order chi connectivity index (χ0) is 20.1. The van der Waals surface area contributed by atoms with E-state index < -0.39 is 10.0 Å². The van der Waals surface area contributed by atoms with Crippen molar-refractivity contribution < 1.29 is 13.2 Å². The second-order valence-corrected chi connectivity index (χ2v) is 10.2. The zero-order valence-corrected chi connectivity index (χ0v) is 17.9. The molecule has 7 heteroatoms. The largest absolute Gasteiger partial charge is 0.325 e. The van der Waals surface area contributed by atoms with Crippen molar-refractivity contribution in [1.29, 1.82) is 0 Å². The van der Waals surface area contributed by atoms with Gasteiger partial charge in [-0.1, -0.05) is 24.6 Å². The number of aryl methyl sites for hydroxylation is 1. The molecule has 2 aromatic rings. The molecule has 1 aliphatic rings. The highest BCUT2D eigenvalue weighted by atomic mass is 32.2. The lowest BCUT2D eigenvalue weighted by Gasteiger charge is -2.29. The lowest BCUT2D eigenvalue weighted by atomic mass is 10.0. The summed E-state index contributed by atoms with van der Waals surface area (Å²) in [5, 5.41) is 2.82. The lowest BCUT2D eigenvalue weighted by Crippen LogP contribution is -2.37. The molecule has 0 bridgehead atoms. The van der Waals surface area contributed by atoms with Crippen LogP contribution >= 0.6 is 11.8 Å². The maximum absolute atomic E-state index is 12.7. The number of anilines is 1. The summed E-state index contributed by atoms with van der Waals surface area (Å²) in [7, 11) is -3.46. The second kappa shape index (κ2) is 9.11. The molecule has 0 atom stereocenters. The summed E-state index contributed by atoms with van der Waals surface area (Å²) in [6.45, 7) is 5.31. The van der Waals surface area contributed by atoms with Crippen molar-refractivity contribution in [2.24, 2.45) is 5.92 Å². The van der Waals surface area contributed by atoms with Crippen LogP contribution in [0.4, 0.5) is 5.69 Å². The van der Waals surface area contributed by atoms with Crippen LogP contribution in [0.2, 0.25) is 0 Å². The Morgan fingerprint density at radius 1 is 1.07 bits per heavy atom. The quantitative estimate of drug-likeness (QED) is 0.716. The Kier molecular flexibility index (Phi) is 6.80. The van der Waals surface area contributed by atoms with Gasteiger partial charge in [-0.3, -0.25) is 4.79 Å². The molecule has 3 rings (SSSR count). The minimum atomic E-state index is -3.46. The summed E-state index contributed by atoms with van der Waals surface area (Å²) in [5.41, 5.74) is 1.78. The highest BCUT2D eigenvalue weighted by Gasteiger charge is 2.27. The summed E-state index contributed by atoms with van der Waals surface area (Å²) in [4.78, 5) is 13.5. The molecule has 150 valence electrons. The number of carbonyl (C=O) groups excluding carboxylic acids is 1. The van der Waals surface area contributed by atoms with E-state index in [9.17, 15) is 13.2 Å². The number of benzene rings is 2. The summed E-state index contributed by atoms with van der Waals surface area (Å²) < 4.78 is 27.0. The van der Waals surface area contributed by atoms with Crippen LogP contribution in [-0.4, -0.2) is 37.5 Å². The van der Waals surface area contributed by atoms with E-state index >= 15 is 0 Å². The first kappa shape index (κ1) is 20.9. The van der Waals surface area contributed by atoms with Crippen LogP contribution in [0.25, 0.3) is 0 Å². The van der Waals surface area contributed by atoms with Crippen molar-refractivity contribution in [3.63, 3.8) is 0 Å². The van der Waals surface area contributed by atoms with E-state index in [0.717, 1.165) is 17.7 Å². The summed E-state index contributed by atoms with van der Waals surface area (Å²) in [6.07, 6.45) is 1.79. The third-order valence-electron chi connectivity index (χ3n) is 4.91. The first-order chi connectivity index (χ1) is 13.3. The topological polar surface area (TPSA) is 66.5 Å². The van der Waals surface area contributed by atoms with Gasteiger partial charge in [0.2, 0.25) is 15.9 Å². The van der Waals surface area contributed by atoms with Gasteiger partial charge in [0.05, 0.1) is 10.6 Å². The van der Waals surface area contributed by atoms with Crippen LogP contribution in [-0.2, 0) is 14.8 Å². The van der Waals surface area contributed by atoms with Gasteiger partial charge in [-0.25, -0.2) is 8.42 Å². The first-order valence-corrected chi connectivity index (χ1v) is 11.9. The van der Waals surface area contributed by atoms with Crippen molar-refractivity contribution in [1.82, 2.24) is 4.31 Å². The molecular weight excluding hydrogens is 392 g/mol. The van der Waals surface area contributed by atoms with E-state index in [4.69, 9.17) is 0 Å². The van der Waals surface area contributed by atoms with Crippen LogP contribution in [0.5, 0.6) is 0 Å². The number of hydrogen-bond donors (Lipinski definition) is 1. The SMILES string of the molecule is Cc1ccc(SCC(=O)Nc2ccc(S(=O)(=O)N3CCC(C)CC3)cc2)cc1. The third kappa shape index (κ3) is 5.37. The summed E-state index contributed by atoms with van der Waals surface area (Å²) in [5.74, 6) is 0.753. The van der Waals surface area contributed by atoms with Crippen molar-refractivity contribution >= 4 is 33.4 Å². The standard InChI is InChI=1S/C21H26N2O3S2/c1-16-3-7-19(8-4-16)27-15-21(24)22-18-5-9-20(10-6-18)28(25,26)23-13-11-17(2)12-14-23/h3-10,17H,11-15H2,1-2H3,(H,22,24). The third-order valence-corrected chi connectivity index (χ3v) is 7.83. The Bertz CT molecular complexity index is 902. The number of hydrogen-bond acceptors (Lipinski definition) is 4. The smallest absolute Gasteiger partial charge is 0.243 e. The number of sulfonamides is 1. The van der Waals surface area contributed by atoms with E-state index in [-0.39, 0.29) is 10.8 Å². The fourth-order valence-electron chi connectivity index (χ4n) is 3.07. The van der Waals surface area contributed by atoms with Gasteiger partial charge < -0.3 is 5.32 Å². The normalized spacial score (nSPS) is 16.1. The molecule has 0 spiro atoms. The van der Waals surface area contributed by atoms with Crippen molar-refractivity contribution in [3.8, 4) is 0 Å². The van der Waals surface area contributed by atoms with Gasteiger partial charge >= 0.3 is 0 Å². The fourth-order valence-corrected chi connectivity index (χ4v) is 5.23. The number of piperidine rings is 1. The molecule has 28 heavy (non-hydrogen) atoms. The molecule has 0 aliphatic carbocycles. The molecule has 1 aliphatic heterocycles. The summed E-state index contributed by atoms with van der Waals surface area (Å²) in [6, 6.07) is 14.4. The molecule has 0 unspecified atom stereocenters. The minimum absolute atomic E-state index is 0.119. The summed E-state index contributed by atoms with van der Waals surface area (Å²) >= 11 is 1.47. The van der Waals surface area contributed by atoms with Crippen LogP contribution in [0.1, 0.15) is 25.3 Å². The van der Waals surface area contributed by atoms with E-state index in [2.05, 4.69) is 12.2 Å². The van der Waals surface area contributed by atoms with Gasteiger partial charge in [0.1, 0.15) is 0 Å². The van der Waals surface area contributed by atoms with Gasteiger partial charge in [0.25, 0.3) is 0 Å². The van der Waals surface area contributed by atoms with Gasteiger partial charge in [-0.2, -0.15) is 4.31 Å². The van der Waals surface area contributed by atoms with Gasteiger partial charge in [0, 0.05) is 23.7 Å². The number of nitrogens with zero attached hydrogens (tertiary/aromatic N) is 1. The van der Waals surface area contributed by atoms with E-state index in [0.29, 0.717) is 30.4 Å². The molecule has 0 aromatic heterocycles. The Balaban J connectivity index is 1.56. The van der Waals surface area contributed by atoms with Gasteiger partial charge in [-0.05, 0) is 62.1 Å². The molecule has 0 radical (unpaired) electrons. The lowest BCUT2D eigenvalue weighted by molar-refractivity contribution is -0.113. The monoisotopic (exact) mass is 418 g/mol. The number of nitrogens with one attached hydrogen (secondary N) is 1. The van der Waals surface area contributed by atoms with Gasteiger partial charge in [-0.15, -0.1) is 11.8 Å². The predicted molar refractivity (Wildman–Crippen MR) is 114 cm³/mol. The highest BCUT2D eigenvalue weighted by Crippen LogP contribution is 2.24. The fraction of sp³-hybridized carbons (Fsp3) is 0.381. The molecule has 1 N–H and O–H groups in total. The van der Waals surface area contributed by atoms with Crippen LogP contribution in [0.3, 0.4) is 0 Å². The van der Waals surface area contributed by atoms with E-state index in [1.165, 1.54) is 17.3 Å². The molecule has 0 saturated carbocycles. The van der Waals surface area contributed by atoms with E-state index in [1.54, 1.807) is 28.6 Å². The van der Waals surface area contributed by atoms with E-state index in [1.807, 2.05) is 31.2 Å². The number of rotatable bonds is 6.